The summed E-state index contributed by atoms with van der Waals surface area (Å²) in [5.41, 5.74) is 8.05. The molecule has 0 bridgehead atoms. The lowest BCUT2D eigenvalue weighted by atomic mass is 9.98. The summed E-state index contributed by atoms with van der Waals surface area (Å²) in [6, 6.07) is 9.67. The highest BCUT2D eigenvalue weighted by molar-refractivity contribution is 6.25. The van der Waals surface area contributed by atoms with Crippen LogP contribution in [0, 0.1) is 24.2 Å². The van der Waals surface area contributed by atoms with Gasteiger partial charge in [-0.25, -0.2) is 4.98 Å². The summed E-state index contributed by atoms with van der Waals surface area (Å²) in [6.07, 6.45) is 3.33. The molecule has 2 amide bonds. The molecule has 1 fully saturated rings. The van der Waals surface area contributed by atoms with Crippen LogP contribution in [0.2, 0.25) is 0 Å². The van der Waals surface area contributed by atoms with Gasteiger partial charge in [-0.15, -0.1) is 0 Å². The minimum atomic E-state index is -0.466. The van der Waals surface area contributed by atoms with Crippen molar-refractivity contribution < 1.29 is 19.4 Å². The Hall–Kier alpha value is -3.74. The Bertz CT molecular complexity index is 1050. The molecule has 0 spiro atoms. The first kappa shape index (κ1) is 22.9. The lowest BCUT2D eigenvalue weighted by Gasteiger charge is -2.21. The van der Waals surface area contributed by atoms with Crippen LogP contribution >= 0.6 is 0 Å². The summed E-state index contributed by atoms with van der Waals surface area (Å²) in [7, 11) is 0. The van der Waals surface area contributed by atoms with Crippen molar-refractivity contribution >= 4 is 23.2 Å². The number of anilines is 1. The van der Waals surface area contributed by atoms with Gasteiger partial charge in [-0.3, -0.25) is 9.59 Å². The quantitative estimate of drug-likeness (QED) is 0.479. The number of aliphatic hydroxyl groups is 1. The molecule has 1 aliphatic heterocycles. The highest BCUT2D eigenvalue weighted by Crippen LogP contribution is 2.21. The minimum Gasteiger partial charge on any atom is -0.404 e. The number of nitrogens with two attached hydrogens (primary N) is 1. The Morgan fingerprint density at radius 3 is 2.78 bits per heavy atom. The number of pyridine rings is 1. The van der Waals surface area contributed by atoms with Crippen molar-refractivity contribution in [2.75, 3.05) is 25.1 Å². The van der Waals surface area contributed by atoms with Gasteiger partial charge in [0.05, 0.1) is 42.0 Å². The van der Waals surface area contributed by atoms with Crippen LogP contribution in [0.15, 0.2) is 42.7 Å². The number of nitrogens with zero attached hydrogens (tertiary/aromatic N) is 2. The van der Waals surface area contributed by atoms with Crippen molar-refractivity contribution in [2.24, 2.45) is 11.7 Å². The van der Waals surface area contributed by atoms with Crippen molar-refractivity contribution in [1.29, 1.82) is 5.26 Å². The van der Waals surface area contributed by atoms with Crippen molar-refractivity contribution in [2.45, 2.75) is 19.4 Å². The van der Waals surface area contributed by atoms with E-state index < -0.39 is 11.9 Å². The van der Waals surface area contributed by atoms with E-state index in [2.05, 4.69) is 21.7 Å². The maximum absolute atomic E-state index is 12.7. The number of aliphatic hydroxyl groups excluding tert-OH is 1. The van der Waals surface area contributed by atoms with Gasteiger partial charge in [-0.2, -0.15) is 5.26 Å². The van der Waals surface area contributed by atoms with Crippen molar-refractivity contribution in [3.63, 3.8) is 0 Å². The Balaban J connectivity index is 1.66. The van der Waals surface area contributed by atoms with Gasteiger partial charge in [0, 0.05) is 24.9 Å². The van der Waals surface area contributed by atoms with Crippen LogP contribution in [0.3, 0.4) is 0 Å². The molecular weight excluding hydrogens is 410 g/mol. The van der Waals surface area contributed by atoms with E-state index in [4.69, 9.17) is 15.7 Å². The molecule has 1 aromatic heterocycles. The molecular formula is C23H25N5O4. The molecule has 2 heterocycles. The summed E-state index contributed by atoms with van der Waals surface area (Å²) >= 11 is 0. The predicted octanol–water partition coefficient (Wildman–Crippen LogP) is 1.33. The molecule has 2 aromatic rings. The zero-order valence-electron chi connectivity index (χ0n) is 17.7. The monoisotopic (exact) mass is 435 g/mol. The minimum absolute atomic E-state index is 0.0719. The summed E-state index contributed by atoms with van der Waals surface area (Å²) in [6.45, 7) is 2.74. The van der Waals surface area contributed by atoms with E-state index >= 15 is 0 Å². The van der Waals surface area contributed by atoms with Crippen LogP contribution in [-0.4, -0.2) is 47.8 Å². The van der Waals surface area contributed by atoms with Crippen molar-refractivity contribution in [3.8, 4) is 6.07 Å². The largest absolute Gasteiger partial charge is 0.404 e. The zero-order valence-corrected chi connectivity index (χ0v) is 17.7. The van der Waals surface area contributed by atoms with Gasteiger partial charge in [0.25, 0.3) is 11.8 Å². The molecule has 2 atom stereocenters. The molecule has 0 aliphatic carbocycles. The number of nitriles is 1. The van der Waals surface area contributed by atoms with E-state index in [0.717, 1.165) is 12.0 Å². The van der Waals surface area contributed by atoms with E-state index in [-0.39, 0.29) is 29.8 Å². The predicted molar refractivity (Wildman–Crippen MR) is 118 cm³/mol. The van der Waals surface area contributed by atoms with E-state index in [1.807, 2.05) is 0 Å². The number of nitrogens with one attached hydrogen (secondary N) is 2. The van der Waals surface area contributed by atoms with Crippen LogP contribution in [0.4, 0.5) is 5.82 Å². The maximum atomic E-state index is 12.7. The van der Waals surface area contributed by atoms with Crippen LogP contribution in [-0.2, 0) is 9.53 Å². The number of carbonyl (C=O) groups excluding carboxylic acids is 2. The number of benzene rings is 1. The normalized spacial score (nSPS) is 16.8. The fourth-order valence-corrected chi connectivity index (χ4v) is 3.54. The molecule has 0 radical (unpaired) electrons. The Morgan fingerprint density at radius 1 is 1.41 bits per heavy atom. The van der Waals surface area contributed by atoms with Crippen LogP contribution in [0.5, 0.6) is 0 Å². The molecule has 0 saturated carbocycles. The zero-order chi connectivity index (χ0) is 23.1. The van der Waals surface area contributed by atoms with Gasteiger partial charge in [-0.1, -0.05) is 6.07 Å². The number of aryl methyl sites for hydroxylation is 1. The second-order valence-electron chi connectivity index (χ2n) is 7.49. The molecule has 32 heavy (non-hydrogen) atoms. The first-order valence-electron chi connectivity index (χ1n) is 10.2. The summed E-state index contributed by atoms with van der Waals surface area (Å²) in [4.78, 5) is 29.4. The summed E-state index contributed by atoms with van der Waals surface area (Å²) in [5, 5.41) is 24.1. The smallest absolute Gasteiger partial charge is 0.258 e. The lowest BCUT2D eigenvalue weighted by molar-refractivity contribution is -0.111. The molecule has 5 N–H and O–H groups in total. The number of ether oxygens (including phenoxy) is 1. The average molecular weight is 435 g/mol. The standard InChI is InChI=1S/C23H25N5O4/c1-14-8-15(9-24)2-4-18(14)19(10-25)23(31)28-21-5-3-16(11-26-21)22(30)27-20(12-29)17-6-7-32-13-17/h2-5,8,10-11,17,20,29H,6-7,12-13,25H2,1H3,(H,27,30)(H,26,28,31). The average Bonchev–Trinajstić information content (AvgIpc) is 3.34. The highest BCUT2D eigenvalue weighted by atomic mass is 16.5. The molecule has 9 heteroatoms. The second kappa shape index (κ2) is 10.5. The number of hydrogen-bond donors (Lipinski definition) is 4. The third-order valence-electron chi connectivity index (χ3n) is 5.37. The summed E-state index contributed by atoms with van der Waals surface area (Å²) < 4.78 is 5.32. The maximum Gasteiger partial charge on any atom is 0.258 e. The first-order valence-corrected chi connectivity index (χ1v) is 10.2. The number of rotatable bonds is 7. The molecule has 3 rings (SSSR count). The lowest BCUT2D eigenvalue weighted by Crippen LogP contribution is -2.43. The molecule has 9 nitrogen and oxygen atoms in total. The van der Waals surface area contributed by atoms with E-state index in [0.29, 0.717) is 29.9 Å². The van der Waals surface area contributed by atoms with E-state index in [9.17, 15) is 14.7 Å². The number of carbonyl (C=O) groups is 2. The second-order valence-corrected chi connectivity index (χ2v) is 7.49. The fraction of sp³-hybridized carbons (Fsp3) is 0.304. The van der Waals surface area contributed by atoms with E-state index in [1.54, 1.807) is 25.1 Å². The molecule has 166 valence electrons. The number of amides is 2. The number of aromatic nitrogens is 1. The van der Waals surface area contributed by atoms with Crippen LogP contribution in [0.25, 0.3) is 5.57 Å². The van der Waals surface area contributed by atoms with Gasteiger partial charge >= 0.3 is 0 Å². The van der Waals surface area contributed by atoms with E-state index in [1.165, 1.54) is 24.5 Å². The topological polar surface area (TPSA) is 150 Å². The third kappa shape index (κ3) is 5.29. The van der Waals surface area contributed by atoms with Gasteiger partial charge in [0.2, 0.25) is 0 Å². The first-order chi connectivity index (χ1) is 15.5. The van der Waals surface area contributed by atoms with Gasteiger partial charge in [0.1, 0.15) is 5.82 Å². The van der Waals surface area contributed by atoms with Gasteiger partial charge < -0.3 is 26.2 Å². The Kier molecular flexibility index (Phi) is 7.54. The van der Waals surface area contributed by atoms with Gasteiger partial charge in [0.15, 0.2) is 0 Å². The molecule has 1 aromatic carbocycles. The van der Waals surface area contributed by atoms with Crippen LogP contribution in [0.1, 0.15) is 33.5 Å². The Morgan fingerprint density at radius 2 is 2.22 bits per heavy atom. The third-order valence-corrected chi connectivity index (χ3v) is 5.37. The molecule has 1 aliphatic rings. The number of hydrogen-bond acceptors (Lipinski definition) is 7. The molecule has 1 saturated heterocycles. The van der Waals surface area contributed by atoms with Crippen molar-refractivity contribution in [3.05, 3.63) is 65.0 Å². The van der Waals surface area contributed by atoms with Gasteiger partial charge in [-0.05, 0) is 48.7 Å². The Labute approximate surface area is 185 Å². The molecule has 2 unspecified atom stereocenters. The summed E-state index contributed by atoms with van der Waals surface area (Å²) in [5.74, 6) is -0.508. The fourth-order valence-electron chi connectivity index (χ4n) is 3.54. The van der Waals surface area contributed by atoms with Crippen LogP contribution < -0.4 is 16.4 Å². The SMILES string of the molecule is Cc1cc(C#N)ccc1C(=CN)C(=O)Nc1ccc(C(=O)NC(CO)C2CCOC2)cn1. The highest BCUT2D eigenvalue weighted by Gasteiger charge is 2.27. The van der Waals surface area contributed by atoms with Crippen molar-refractivity contribution in [1.82, 2.24) is 10.3 Å².